The van der Waals surface area contributed by atoms with Crippen molar-refractivity contribution in [3.8, 4) is 0 Å². The van der Waals surface area contributed by atoms with Crippen LogP contribution in [0, 0.1) is 11.8 Å². The molecule has 0 aromatic heterocycles. The molecular weight excluding hydrogens is 160 g/mol. The van der Waals surface area contributed by atoms with Gasteiger partial charge in [0, 0.05) is 5.92 Å². The Bertz CT molecular complexity index is 229. The Morgan fingerprint density at radius 1 is 1.15 bits per heavy atom. The normalized spacial score (nSPS) is 40.4. The first-order valence-corrected chi connectivity index (χ1v) is 5.57. The van der Waals surface area contributed by atoms with Crippen molar-refractivity contribution in [1.82, 2.24) is 0 Å². The van der Waals surface area contributed by atoms with E-state index in [0.29, 0.717) is 5.92 Å². The molecule has 0 heterocycles. The van der Waals surface area contributed by atoms with Crippen molar-refractivity contribution in [2.45, 2.75) is 52.1 Å². The molecular formula is C12H20O. The van der Waals surface area contributed by atoms with Gasteiger partial charge in [-0.15, -0.1) is 0 Å². The first-order chi connectivity index (χ1) is 6.18. The van der Waals surface area contributed by atoms with Gasteiger partial charge in [0.2, 0.25) is 0 Å². The zero-order valence-corrected chi connectivity index (χ0v) is 8.71. The molecule has 0 spiro atoms. The molecule has 0 amide bonds. The zero-order chi connectivity index (χ0) is 9.42. The summed E-state index contributed by atoms with van der Waals surface area (Å²) in [6.07, 6.45) is 5.96. The highest BCUT2D eigenvalue weighted by Crippen LogP contribution is 2.40. The Morgan fingerprint density at radius 2 is 1.92 bits per heavy atom. The van der Waals surface area contributed by atoms with Crippen LogP contribution in [0.4, 0.5) is 0 Å². The molecule has 0 aromatic rings. The second kappa shape index (κ2) is 3.45. The number of hydrogen-bond donors (Lipinski definition) is 1. The quantitative estimate of drug-likeness (QED) is 0.568. The fourth-order valence-corrected chi connectivity index (χ4v) is 2.85. The summed E-state index contributed by atoms with van der Waals surface area (Å²) in [5.74, 6) is 1.32. The summed E-state index contributed by atoms with van der Waals surface area (Å²) < 4.78 is 0. The largest absolute Gasteiger partial charge is 0.393 e. The van der Waals surface area contributed by atoms with Gasteiger partial charge in [-0.25, -0.2) is 0 Å². The summed E-state index contributed by atoms with van der Waals surface area (Å²) in [5, 5.41) is 9.75. The van der Waals surface area contributed by atoms with Crippen LogP contribution in [0.3, 0.4) is 0 Å². The third-order valence-electron chi connectivity index (χ3n) is 3.82. The second-order valence-corrected chi connectivity index (χ2v) is 4.87. The van der Waals surface area contributed by atoms with Crippen molar-refractivity contribution in [3.05, 3.63) is 11.1 Å². The first kappa shape index (κ1) is 9.26. The van der Waals surface area contributed by atoms with E-state index in [2.05, 4.69) is 13.8 Å². The molecule has 2 aliphatic rings. The maximum Gasteiger partial charge on any atom is 0.0606 e. The van der Waals surface area contributed by atoms with E-state index in [0.717, 1.165) is 18.8 Å². The van der Waals surface area contributed by atoms with E-state index in [-0.39, 0.29) is 6.10 Å². The summed E-state index contributed by atoms with van der Waals surface area (Å²) in [7, 11) is 0. The van der Waals surface area contributed by atoms with Gasteiger partial charge in [0.25, 0.3) is 0 Å². The van der Waals surface area contributed by atoms with Gasteiger partial charge >= 0.3 is 0 Å². The molecule has 13 heavy (non-hydrogen) atoms. The van der Waals surface area contributed by atoms with Crippen LogP contribution in [0.25, 0.3) is 0 Å². The molecule has 1 nitrogen and oxygen atoms in total. The summed E-state index contributed by atoms with van der Waals surface area (Å²) in [6.45, 7) is 4.54. The van der Waals surface area contributed by atoms with Gasteiger partial charge in [0.15, 0.2) is 0 Å². The molecule has 3 atom stereocenters. The molecule has 2 rings (SSSR count). The summed E-state index contributed by atoms with van der Waals surface area (Å²) >= 11 is 0. The minimum atomic E-state index is -0.0628. The molecule has 0 saturated heterocycles. The Balaban J connectivity index is 2.20. The van der Waals surface area contributed by atoms with Gasteiger partial charge in [-0.05, 0) is 38.0 Å². The average Bonchev–Trinajstić information content (AvgIpc) is 2.12. The number of aliphatic hydroxyl groups is 1. The van der Waals surface area contributed by atoms with Crippen molar-refractivity contribution >= 4 is 0 Å². The van der Waals surface area contributed by atoms with Crippen LogP contribution in [0.2, 0.25) is 0 Å². The van der Waals surface area contributed by atoms with Gasteiger partial charge in [-0.1, -0.05) is 25.0 Å². The Hall–Kier alpha value is -0.300. The lowest BCUT2D eigenvalue weighted by molar-refractivity contribution is 0.110. The highest BCUT2D eigenvalue weighted by atomic mass is 16.3. The van der Waals surface area contributed by atoms with Crippen LogP contribution in [0.15, 0.2) is 11.1 Å². The minimum absolute atomic E-state index is 0.0628. The Morgan fingerprint density at radius 3 is 2.69 bits per heavy atom. The molecule has 2 aliphatic carbocycles. The van der Waals surface area contributed by atoms with E-state index in [1.165, 1.54) is 19.3 Å². The maximum absolute atomic E-state index is 9.75. The van der Waals surface area contributed by atoms with Gasteiger partial charge in [-0.3, -0.25) is 0 Å². The second-order valence-electron chi connectivity index (χ2n) is 4.87. The molecule has 0 aromatic carbocycles. The van der Waals surface area contributed by atoms with Gasteiger partial charge < -0.3 is 5.11 Å². The average molecular weight is 180 g/mol. The van der Waals surface area contributed by atoms with Crippen LogP contribution in [-0.2, 0) is 0 Å². The topological polar surface area (TPSA) is 20.2 Å². The van der Waals surface area contributed by atoms with Crippen LogP contribution in [-0.4, -0.2) is 11.2 Å². The number of rotatable bonds is 0. The third-order valence-corrected chi connectivity index (χ3v) is 3.82. The lowest BCUT2D eigenvalue weighted by Crippen LogP contribution is -2.27. The van der Waals surface area contributed by atoms with E-state index in [4.69, 9.17) is 0 Å². The predicted molar refractivity (Wildman–Crippen MR) is 54.4 cm³/mol. The van der Waals surface area contributed by atoms with E-state index < -0.39 is 0 Å². The van der Waals surface area contributed by atoms with E-state index in [1.54, 1.807) is 11.1 Å². The van der Waals surface area contributed by atoms with Crippen molar-refractivity contribution in [3.63, 3.8) is 0 Å². The number of allylic oxidation sites excluding steroid dienone is 1. The van der Waals surface area contributed by atoms with Crippen molar-refractivity contribution in [2.24, 2.45) is 11.8 Å². The lowest BCUT2D eigenvalue weighted by Gasteiger charge is -2.35. The summed E-state index contributed by atoms with van der Waals surface area (Å²) in [6, 6.07) is 0. The Labute approximate surface area is 80.8 Å². The van der Waals surface area contributed by atoms with Crippen molar-refractivity contribution in [1.29, 1.82) is 0 Å². The molecule has 3 unspecified atom stereocenters. The summed E-state index contributed by atoms with van der Waals surface area (Å²) in [4.78, 5) is 0. The minimum Gasteiger partial charge on any atom is -0.393 e. The predicted octanol–water partition coefficient (Wildman–Crippen LogP) is 2.89. The fraction of sp³-hybridized carbons (Fsp3) is 0.833. The monoisotopic (exact) mass is 180 g/mol. The van der Waals surface area contributed by atoms with E-state index in [1.807, 2.05) is 0 Å². The highest BCUT2D eigenvalue weighted by molar-refractivity contribution is 5.24. The van der Waals surface area contributed by atoms with E-state index in [9.17, 15) is 5.11 Å². The van der Waals surface area contributed by atoms with Gasteiger partial charge in [0.05, 0.1) is 6.10 Å². The Kier molecular flexibility index (Phi) is 2.46. The maximum atomic E-state index is 9.75. The molecule has 0 radical (unpaired) electrons. The van der Waals surface area contributed by atoms with Gasteiger partial charge in [0.1, 0.15) is 0 Å². The standard InChI is InChI=1S/C12H20O/c1-8-3-5-11-9(2)12(13)6-4-10(11)7-8/h8-9,12-13H,3-7H2,1-2H3. The molecule has 1 heteroatoms. The van der Waals surface area contributed by atoms with Crippen molar-refractivity contribution in [2.75, 3.05) is 0 Å². The highest BCUT2D eigenvalue weighted by Gasteiger charge is 2.29. The van der Waals surface area contributed by atoms with Gasteiger partial charge in [-0.2, -0.15) is 0 Å². The van der Waals surface area contributed by atoms with Crippen molar-refractivity contribution < 1.29 is 5.11 Å². The number of hydrogen-bond acceptors (Lipinski definition) is 1. The first-order valence-electron chi connectivity index (χ1n) is 5.57. The molecule has 74 valence electrons. The molecule has 1 N–H and O–H groups in total. The molecule has 0 fully saturated rings. The number of aliphatic hydroxyl groups excluding tert-OH is 1. The fourth-order valence-electron chi connectivity index (χ4n) is 2.85. The van der Waals surface area contributed by atoms with Crippen LogP contribution in [0.1, 0.15) is 46.0 Å². The molecule has 0 bridgehead atoms. The van der Waals surface area contributed by atoms with Crippen LogP contribution < -0.4 is 0 Å². The SMILES string of the molecule is CC1CCC2=C(CCC(O)C2C)C1. The third kappa shape index (κ3) is 1.67. The van der Waals surface area contributed by atoms with E-state index >= 15 is 0 Å². The zero-order valence-electron chi connectivity index (χ0n) is 8.71. The summed E-state index contributed by atoms with van der Waals surface area (Å²) in [5.41, 5.74) is 3.27. The lowest BCUT2D eigenvalue weighted by atomic mass is 9.72. The molecule has 0 aliphatic heterocycles. The van der Waals surface area contributed by atoms with Crippen LogP contribution >= 0.6 is 0 Å². The molecule has 0 saturated carbocycles. The van der Waals surface area contributed by atoms with Crippen LogP contribution in [0.5, 0.6) is 0 Å². The smallest absolute Gasteiger partial charge is 0.0606 e.